The van der Waals surface area contributed by atoms with Gasteiger partial charge in [-0.25, -0.2) is 0 Å². The molecule has 0 spiro atoms. The zero-order valence-electron chi connectivity index (χ0n) is 15.3. The monoisotopic (exact) mass is 356 g/mol. The van der Waals surface area contributed by atoms with Gasteiger partial charge in [0.2, 0.25) is 0 Å². The van der Waals surface area contributed by atoms with Gasteiger partial charge in [-0.05, 0) is 47.9 Å². The van der Waals surface area contributed by atoms with Gasteiger partial charge in [0.1, 0.15) is 0 Å². The van der Waals surface area contributed by atoms with E-state index in [1.807, 2.05) is 0 Å². The van der Waals surface area contributed by atoms with Crippen LogP contribution in [0.4, 0.5) is 5.69 Å². The average molecular weight is 356 g/mol. The van der Waals surface area contributed by atoms with Crippen LogP contribution in [0, 0.1) is 0 Å². The summed E-state index contributed by atoms with van der Waals surface area (Å²) in [6, 6.07) is 21.9. The summed E-state index contributed by atoms with van der Waals surface area (Å²) < 4.78 is 0. The fourth-order valence-corrected chi connectivity index (χ4v) is 4.21. The highest BCUT2D eigenvalue weighted by molar-refractivity contribution is 5.94. The lowest BCUT2D eigenvalue weighted by atomic mass is 9.99. The molecular formula is C23H24N4. The van der Waals surface area contributed by atoms with Gasteiger partial charge in [0.15, 0.2) is 0 Å². The molecule has 0 amide bonds. The topological polar surface area (TPSA) is 52.7 Å². The Morgan fingerprint density at radius 1 is 1.00 bits per heavy atom. The van der Waals surface area contributed by atoms with Crippen molar-refractivity contribution in [2.45, 2.75) is 25.3 Å². The van der Waals surface area contributed by atoms with E-state index in [4.69, 9.17) is 0 Å². The molecule has 136 valence electrons. The minimum Gasteiger partial charge on any atom is -0.380 e. The standard InChI is InChI=1S/C23H24N4/c1-2-10-19-16(6-1)7-3-8-17(19)14-22-23-20(11-4-12-21(23)26-27-22)25-18-9-5-13-24-15-18/h1-4,6-8,10-12,18,24-25H,5,9,13-15H2,(H,26,27). The van der Waals surface area contributed by atoms with Crippen LogP contribution in [0.15, 0.2) is 60.7 Å². The maximum atomic E-state index is 4.57. The molecule has 4 heteroatoms. The molecule has 1 atom stereocenters. The molecule has 0 radical (unpaired) electrons. The predicted molar refractivity (Wildman–Crippen MR) is 112 cm³/mol. The Morgan fingerprint density at radius 3 is 2.81 bits per heavy atom. The van der Waals surface area contributed by atoms with Gasteiger partial charge >= 0.3 is 0 Å². The summed E-state index contributed by atoms with van der Waals surface area (Å²) >= 11 is 0. The second kappa shape index (κ2) is 7.05. The van der Waals surface area contributed by atoms with E-state index in [9.17, 15) is 0 Å². The van der Waals surface area contributed by atoms with Crippen molar-refractivity contribution in [1.82, 2.24) is 15.5 Å². The van der Waals surface area contributed by atoms with Crippen LogP contribution in [-0.2, 0) is 6.42 Å². The van der Waals surface area contributed by atoms with Gasteiger partial charge in [0.05, 0.1) is 5.52 Å². The molecule has 4 nitrogen and oxygen atoms in total. The molecule has 3 aromatic carbocycles. The average Bonchev–Trinajstić information content (AvgIpc) is 3.13. The van der Waals surface area contributed by atoms with Crippen LogP contribution in [0.1, 0.15) is 24.1 Å². The normalized spacial score (nSPS) is 17.4. The number of aromatic amines is 1. The van der Waals surface area contributed by atoms with Crippen LogP contribution in [-0.4, -0.2) is 29.3 Å². The van der Waals surface area contributed by atoms with Crippen molar-refractivity contribution in [3.8, 4) is 0 Å². The van der Waals surface area contributed by atoms with Gasteiger partial charge in [-0.3, -0.25) is 5.10 Å². The van der Waals surface area contributed by atoms with Crippen LogP contribution < -0.4 is 10.6 Å². The van der Waals surface area contributed by atoms with Gasteiger partial charge in [0.25, 0.3) is 0 Å². The number of anilines is 1. The first-order valence-electron chi connectivity index (χ1n) is 9.78. The third kappa shape index (κ3) is 3.17. The molecule has 5 rings (SSSR count). The Balaban J connectivity index is 1.53. The SMILES string of the molecule is c1ccc2c(Cc3[nH]nc4cccc(NC5CCCNC5)c34)cccc2c1. The lowest BCUT2D eigenvalue weighted by Crippen LogP contribution is -2.38. The first-order chi connectivity index (χ1) is 13.4. The van der Waals surface area contributed by atoms with Crippen molar-refractivity contribution in [1.29, 1.82) is 0 Å². The highest BCUT2D eigenvalue weighted by Gasteiger charge is 2.16. The highest BCUT2D eigenvalue weighted by Crippen LogP contribution is 2.29. The van der Waals surface area contributed by atoms with Crippen molar-refractivity contribution in [3.05, 3.63) is 71.9 Å². The Kier molecular flexibility index (Phi) is 4.26. The summed E-state index contributed by atoms with van der Waals surface area (Å²) in [7, 11) is 0. The number of nitrogens with zero attached hydrogens (tertiary/aromatic N) is 1. The molecule has 1 unspecified atom stereocenters. The molecule has 2 heterocycles. The molecule has 27 heavy (non-hydrogen) atoms. The Bertz CT molecular complexity index is 1070. The van der Waals surface area contributed by atoms with E-state index >= 15 is 0 Å². The Hall–Kier alpha value is -2.85. The van der Waals surface area contributed by atoms with Crippen LogP contribution in [0.2, 0.25) is 0 Å². The number of benzene rings is 3. The Morgan fingerprint density at radius 2 is 1.89 bits per heavy atom. The quantitative estimate of drug-likeness (QED) is 0.506. The maximum Gasteiger partial charge on any atom is 0.0944 e. The van der Waals surface area contributed by atoms with Crippen molar-refractivity contribution >= 4 is 27.4 Å². The molecule has 0 bridgehead atoms. The minimum absolute atomic E-state index is 0.477. The van der Waals surface area contributed by atoms with E-state index < -0.39 is 0 Å². The zero-order valence-corrected chi connectivity index (χ0v) is 15.3. The first kappa shape index (κ1) is 16.3. The summed E-state index contributed by atoms with van der Waals surface area (Å²) in [4.78, 5) is 0. The number of H-pyrrole nitrogens is 1. The van der Waals surface area contributed by atoms with E-state index in [0.717, 1.165) is 25.0 Å². The van der Waals surface area contributed by atoms with E-state index in [1.54, 1.807) is 0 Å². The van der Waals surface area contributed by atoms with Crippen molar-refractivity contribution in [3.63, 3.8) is 0 Å². The van der Waals surface area contributed by atoms with E-state index in [-0.39, 0.29) is 0 Å². The summed E-state index contributed by atoms with van der Waals surface area (Å²) in [6.07, 6.45) is 3.28. The Labute approximate surface area is 159 Å². The van der Waals surface area contributed by atoms with Crippen molar-refractivity contribution < 1.29 is 0 Å². The number of hydrogen-bond donors (Lipinski definition) is 3. The molecule has 3 N–H and O–H groups in total. The van der Waals surface area contributed by atoms with Crippen molar-refractivity contribution in [2.24, 2.45) is 0 Å². The molecule has 1 aromatic heterocycles. The van der Waals surface area contributed by atoms with Gasteiger partial charge < -0.3 is 10.6 Å². The van der Waals surface area contributed by atoms with Gasteiger partial charge in [0, 0.05) is 35.8 Å². The van der Waals surface area contributed by atoms with Crippen LogP contribution in [0.3, 0.4) is 0 Å². The fourth-order valence-electron chi connectivity index (χ4n) is 4.21. The number of rotatable bonds is 4. The van der Waals surface area contributed by atoms with Gasteiger partial charge in [-0.15, -0.1) is 0 Å². The number of fused-ring (bicyclic) bond motifs is 2. The first-order valence-corrected chi connectivity index (χ1v) is 9.78. The van der Waals surface area contributed by atoms with E-state index in [2.05, 4.69) is 81.5 Å². The fraction of sp³-hybridized carbons (Fsp3) is 0.261. The van der Waals surface area contributed by atoms with E-state index in [1.165, 1.54) is 45.9 Å². The van der Waals surface area contributed by atoms with E-state index in [0.29, 0.717) is 6.04 Å². The van der Waals surface area contributed by atoms with Crippen LogP contribution in [0.5, 0.6) is 0 Å². The lowest BCUT2D eigenvalue weighted by molar-refractivity contribution is 0.480. The third-order valence-electron chi connectivity index (χ3n) is 5.56. The van der Waals surface area contributed by atoms with Crippen molar-refractivity contribution in [2.75, 3.05) is 18.4 Å². The second-order valence-corrected chi connectivity index (χ2v) is 7.40. The number of nitrogens with one attached hydrogen (secondary N) is 3. The molecule has 1 saturated heterocycles. The summed E-state index contributed by atoms with van der Waals surface area (Å²) in [5, 5.41) is 18.9. The minimum atomic E-state index is 0.477. The smallest absolute Gasteiger partial charge is 0.0944 e. The summed E-state index contributed by atoms with van der Waals surface area (Å²) in [5.74, 6) is 0. The molecule has 1 aliphatic rings. The molecule has 0 saturated carbocycles. The summed E-state index contributed by atoms with van der Waals surface area (Å²) in [6.45, 7) is 2.15. The largest absolute Gasteiger partial charge is 0.380 e. The lowest BCUT2D eigenvalue weighted by Gasteiger charge is -2.25. The molecule has 1 fully saturated rings. The molecule has 1 aliphatic heterocycles. The summed E-state index contributed by atoms with van der Waals surface area (Å²) in [5.41, 5.74) is 4.71. The molecule has 0 aliphatic carbocycles. The van der Waals surface area contributed by atoms with Gasteiger partial charge in [-0.2, -0.15) is 5.10 Å². The maximum absolute atomic E-state index is 4.57. The van der Waals surface area contributed by atoms with Gasteiger partial charge in [-0.1, -0.05) is 48.5 Å². The molecule has 4 aromatic rings. The second-order valence-electron chi connectivity index (χ2n) is 7.40. The number of hydrogen-bond acceptors (Lipinski definition) is 3. The van der Waals surface area contributed by atoms with Crippen LogP contribution in [0.25, 0.3) is 21.7 Å². The number of aromatic nitrogens is 2. The third-order valence-corrected chi connectivity index (χ3v) is 5.56. The number of piperidine rings is 1. The molecular weight excluding hydrogens is 332 g/mol. The van der Waals surface area contributed by atoms with Crippen LogP contribution >= 0.6 is 0 Å². The zero-order chi connectivity index (χ0) is 18.1. The highest BCUT2D eigenvalue weighted by atomic mass is 15.1. The predicted octanol–water partition coefficient (Wildman–Crippen LogP) is 4.47.